The van der Waals surface area contributed by atoms with Gasteiger partial charge >= 0.3 is 0 Å². The van der Waals surface area contributed by atoms with Crippen LogP contribution in [-0.4, -0.2) is 44.3 Å². The number of nitrogens with one attached hydrogen (secondary N) is 1. The Labute approximate surface area is 234 Å². The lowest BCUT2D eigenvalue weighted by molar-refractivity contribution is -0.139. The second kappa shape index (κ2) is 13.1. The van der Waals surface area contributed by atoms with Crippen LogP contribution in [0.1, 0.15) is 31.4 Å². The monoisotopic (exact) mass is 575 g/mol. The van der Waals surface area contributed by atoms with Crippen molar-refractivity contribution in [3.8, 4) is 0 Å². The van der Waals surface area contributed by atoms with E-state index in [1.807, 2.05) is 38.1 Å². The van der Waals surface area contributed by atoms with Gasteiger partial charge in [0.2, 0.25) is 11.8 Å². The number of sulfonamides is 1. The first-order chi connectivity index (χ1) is 18.1. The summed E-state index contributed by atoms with van der Waals surface area (Å²) >= 11 is 12.5. The Bertz CT molecular complexity index is 1380. The van der Waals surface area contributed by atoms with Crippen molar-refractivity contribution in [2.75, 3.05) is 17.4 Å². The minimum Gasteiger partial charge on any atom is -0.354 e. The minimum atomic E-state index is -4.20. The van der Waals surface area contributed by atoms with E-state index in [0.29, 0.717) is 11.6 Å². The van der Waals surface area contributed by atoms with Gasteiger partial charge in [-0.1, -0.05) is 72.6 Å². The molecule has 0 bridgehead atoms. The van der Waals surface area contributed by atoms with Crippen LogP contribution in [-0.2, 0) is 26.2 Å². The zero-order valence-corrected chi connectivity index (χ0v) is 23.9. The topological polar surface area (TPSA) is 86.8 Å². The third-order valence-corrected chi connectivity index (χ3v) is 8.42. The van der Waals surface area contributed by atoms with Gasteiger partial charge in [0.05, 0.1) is 15.6 Å². The van der Waals surface area contributed by atoms with E-state index in [0.717, 1.165) is 21.9 Å². The molecule has 0 unspecified atom stereocenters. The maximum Gasteiger partial charge on any atom is 0.264 e. The summed E-state index contributed by atoms with van der Waals surface area (Å²) in [6.45, 7) is 5.50. The molecule has 0 saturated heterocycles. The average molecular weight is 577 g/mol. The summed E-state index contributed by atoms with van der Waals surface area (Å²) in [4.78, 5) is 28.2. The van der Waals surface area contributed by atoms with Gasteiger partial charge in [0.15, 0.2) is 0 Å². The van der Waals surface area contributed by atoms with Crippen LogP contribution >= 0.6 is 23.2 Å². The molecule has 2 amide bonds. The normalized spacial score (nSPS) is 12.0. The summed E-state index contributed by atoms with van der Waals surface area (Å²) in [6.07, 6.45) is 0.738. The van der Waals surface area contributed by atoms with Crippen LogP contribution in [0.5, 0.6) is 0 Å². The number of anilines is 1. The van der Waals surface area contributed by atoms with Gasteiger partial charge in [0.1, 0.15) is 12.6 Å². The summed E-state index contributed by atoms with van der Waals surface area (Å²) in [6, 6.07) is 18.9. The number of nitrogens with zero attached hydrogens (tertiary/aromatic N) is 2. The SMILES string of the molecule is CCCNC(=O)[C@@H](C)N(Cc1ccccc1C)C(=O)CN(c1ccc(Cl)cc1Cl)S(=O)(=O)c1ccccc1. The van der Waals surface area contributed by atoms with E-state index in [-0.39, 0.29) is 28.1 Å². The molecule has 1 N–H and O–H groups in total. The van der Waals surface area contributed by atoms with Gasteiger partial charge in [-0.15, -0.1) is 0 Å². The van der Waals surface area contributed by atoms with Gasteiger partial charge in [0, 0.05) is 18.1 Å². The maximum atomic E-state index is 13.9. The van der Waals surface area contributed by atoms with Crippen molar-refractivity contribution in [1.82, 2.24) is 10.2 Å². The highest BCUT2D eigenvalue weighted by Crippen LogP contribution is 2.33. The molecular weight excluding hydrogens is 545 g/mol. The first-order valence-corrected chi connectivity index (χ1v) is 14.4. The van der Waals surface area contributed by atoms with E-state index in [2.05, 4.69) is 5.32 Å². The summed E-state index contributed by atoms with van der Waals surface area (Å²) in [7, 11) is -4.20. The molecule has 202 valence electrons. The molecule has 0 heterocycles. The smallest absolute Gasteiger partial charge is 0.264 e. The predicted octanol–water partition coefficient (Wildman–Crippen LogP) is 5.44. The van der Waals surface area contributed by atoms with Crippen LogP contribution < -0.4 is 9.62 Å². The molecule has 0 aliphatic rings. The number of benzene rings is 3. The number of carbonyl (C=O) groups excluding carboxylic acids is 2. The lowest BCUT2D eigenvalue weighted by Crippen LogP contribution is -2.51. The predicted molar refractivity (Wildman–Crippen MR) is 152 cm³/mol. The largest absolute Gasteiger partial charge is 0.354 e. The maximum absolute atomic E-state index is 13.9. The first-order valence-electron chi connectivity index (χ1n) is 12.2. The highest BCUT2D eigenvalue weighted by atomic mass is 35.5. The molecule has 7 nitrogen and oxygen atoms in total. The molecule has 10 heteroatoms. The van der Waals surface area contributed by atoms with Crippen LogP contribution in [0.15, 0.2) is 77.7 Å². The number of hydrogen-bond acceptors (Lipinski definition) is 4. The number of halogens is 2. The van der Waals surface area contributed by atoms with Crippen LogP contribution in [0.2, 0.25) is 10.0 Å². The van der Waals surface area contributed by atoms with Crippen LogP contribution in [0.25, 0.3) is 0 Å². The molecule has 0 fully saturated rings. The van der Waals surface area contributed by atoms with E-state index >= 15 is 0 Å². The zero-order chi connectivity index (χ0) is 27.9. The molecule has 3 aromatic carbocycles. The standard InChI is InChI=1S/C28H31Cl2N3O4S/c1-4-16-31-28(35)21(3)32(18-22-11-9-8-10-20(22)2)27(34)19-33(26-15-14-23(29)17-25(26)30)38(36,37)24-12-6-5-7-13-24/h5-15,17,21H,4,16,18-19H2,1-3H3,(H,31,35)/t21-/m1/s1. The number of carbonyl (C=O) groups is 2. The Balaban J connectivity index is 2.05. The Kier molecular flexibility index (Phi) is 10.2. The quantitative estimate of drug-likeness (QED) is 0.330. The molecule has 3 aromatic rings. The summed E-state index contributed by atoms with van der Waals surface area (Å²) in [5.74, 6) is -0.881. The van der Waals surface area contributed by atoms with E-state index in [4.69, 9.17) is 23.2 Å². The molecule has 1 atom stereocenters. The summed E-state index contributed by atoms with van der Waals surface area (Å²) in [5.41, 5.74) is 1.89. The fraction of sp³-hybridized carbons (Fsp3) is 0.286. The van der Waals surface area contributed by atoms with Gasteiger partial charge in [-0.3, -0.25) is 13.9 Å². The highest BCUT2D eigenvalue weighted by Gasteiger charge is 2.33. The third kappa shape index (κ3) is 7.07. The molecule has 0 saturated carbocycles. The Morgan fingerprint density at radius 2 is 1.63 bits per heavy atom. The van der Waals surface area contributed by atoms with Crippen molar-refractivity contribution in [2.24, 2.45) is 0 Å². The Morgan fingerprint density at radius 3 is 2.26 bits per heavy atom. The van der Waals surface area contributed by atoms with Gasteiger partial charge in [0.25, 0.3) is 10.0 Å². The van der Waals surface area contributed by atoms with Crippen molar-refractivity contribution in [3.05, 3.63) is 94.0 Å². The zero-order valence-electron chi connectivity index (χ0n) is 21.5. The number of amides is 2. The van der Waals surface area contributed by atoms with E-state index in [1.54, 1.807) is 25.1 Å². The second-order valence-corrected chi connectivity index (χ2v) is 11.5. The van der Waals surface area contributed by atoms with Crippen molar-refractivity contribution >= 4 is 50.7 Å². The van der Waals surface area contributed by atoms with Gasteiger partial charge < -0.3 is 10.2 Å². The first kappa shape index (κ1) is 29.5. The van der Waals surface area contributed by atoms with Gasteiger partial charge in [-0.05, 0) is 61.7 Å². The lowest BCUT2D eigenvalue weighted by atomic mass is 10.1. The number of hydrogen-bond donors (Lipinski definition) is 1. The van der Waals surface area contributed by atoms with Crippen molar-refractivity contribution in [2.45, 2.75) is 44.7 Å². The molecule has 0 aromatic heterocycles. The molecule has 3 rings (SSSR count). The second-order valence-electron chi connectivity index (χ2n) is 8.84. The van der Waals surface area contributed by atoms with Crippen LogP contribution in [0.4, 0.5) is 5.69 Å². The van der Waals surface area contributed by atoms with Crippen LogP contribution in [0.3, 0.4) is 0 Å². The Morgan fingerprint density at radius 1 is 0.974 bits per heavy atom. The minimum absolute atomic E-state index is 0.00184. The van der Waals surface area contributed by atoms with Crippen molar-refractivity contribution < 1.29 is 18.0 Å². The van der Waals surface area contributed by atoms with E-state index < -0.39 is 28.5 Å². The fourth-order valence-corrected chi connectivity index (χ4v) is 5.88. The molecule has 0 aliphatic carbocycles. The van der Waals surface area contributed by atoms with Gasteiger partial charge in [-0.25, -0.2) is 8.42 Å². The lowest BCUT2D eigenvalue weighted by Gasteiger charge is -2.32. The number of aryl methyl sites for hydroxylation is 1. The fourth-order valence-electron chi connectivity index (χ4n) is 3.87. The molecule has 0 spiro atoms. The third-order valence-electron chi connectivity index (χ3n) is 6.11. The number of rotatable bonds is 11. The molecule has 0 aliphatic heterocycles. The highest BCUT2D eigenvalue weighted by molar-refractivity contribution is 7.92. The Hall–Kier alpha value is -3.07. The van der Waals surface area contributed by atoms with Gasteiger partial charge in [-0.2, -0.15) is 0 Å². The van der Waals surface area contributed by atoms with Crippen LogP contribution in [0, 0.1) is 6.92 Å². The molecule has 0 radical (unpaired) electrons. The van der Waals surface area contributed by atoms with E-state index in [9.17, 15) is 18.0 Å². The average Bonchev–Trinajstić information content (AvgIpc) is 2.90. The molecular formula is C28H31Cl2N3O4S. The van der Waals surface area contributed by atoms with E-state index in [1.165, 1.54) is 35.2 Å². The molecule has 38 heavy (non-hydrogen) atoms. The summed E-state index contributed by atoms with van der Waals surface area (Å²) < 4.78 is 28.5. The van der Waals surface area contributed by atoms with Crippen molar-refractivity contribution in [3.63, 3.8) is 0 Å². The van der Waals surface area contributed by atoms with Crippen molar-refractivity contribution in [1.29, 1.82) is 0 Å². The summed E-state index contributed by atoms with van der Waals surface area (Å²) in [5, 5.41) is 3.22.